The number of nitrogens with zero attached hydrogens (tertiary/aromatic N) is 2. The second kappa shape index (κ2) is 9.78. The van der Waals surface area contributed by atoms with Gasteiger partial charge in [0.25, 0.3) is 5.91 Å². The van der Waals surface area contributed by atoms with Crippen molar-refractivity contribution in [3.05, 3.63) is 59.0 Å². The van der Waals surface area contributed by atoms with Crippen LogP contribution in [0.3, 0.4) is 0 Å². The maximum atomic E-state index is 12.7. The lowest BCUT2D eigenvalue weighted by atomic mass is 10.3. The number of esters is 1. The lowest BCUT2D eigenvalue weighted by molar-refractivity contribution is -0.147. The number of fused-ring (bicyclic) bond motifs is 1. The third kappa shape index (κ3) is 4.89. The second-order valence-corrected chi connectivity index (χ2v) is 6.77. The van der Waals surface area contributed by atoms with Crippen molar-refractivity contribution in [2.75, 3.05) is 19.0 Å². The topological polar surface area (TPSA) is 91.6 Å². The molecule has 0 aliphatic carbocycles. The van der Waals surface area contributed by atoms with Gasteiger partial charge >= 0.3 is 11.7 Å². The van der Waals surface area contributed by atoms with Crippen molar-refractivity contribution in [3.63, 3.8) is 0 Å². The molecule has 0 fully saturated rings. The highest BCUT2D eigenvalue weighted by Gasteiger charge is 2.14. The summed E-state index contributed by atoms with van der Waals surface area (Å²) in [5.74, 6) is -0.388. The maximum Gasteiger partial charge on any atom is 0.329 e. The summed E-state index contributed by atoms with van der Waals surface area (Å²) < 4.78 is 13.4. The van der Waals surface area contributed by atoms with Crippen LogP contribution in [0.4, 0.5) is 5.69 Å². The summed E-state index contributed by atoms with van der Waals surface area (Å²) in [7, 11) is 1.54. The van der Waals surface area contributed by atoms with Crippen LogP contribution in [0.15, 0.2) is 53.3 Å². The number of ether oxygens (including phenoxy) is 2. The van der Waals surface area contributed by atoms with Crippen LogP contribution in [0, 0.1) is 0 Å². The quantitative estimate of drug-likeness (QED) is 0.547. The van der Waals surface area contributed by atoms with Crippen molar-refractivity contribution in [2.24, 2.45) is 0 Å². The van der Waals surface area contributed by atoms with Gasteiger partial charge in [0, 0.05) is 24.8 Å². The summed E-state index contributed by atoms with van der Waals surface area (Å²) in [5.41, 5.74) is 2.02. The summed E-state index contributed by atoms with van der Waals surface area (Å²) in [4.78, 5) is 36.8. The van der Waals surface area contributed by atoms with Crippen LogP contribution in [-0.4, -0.2) is 34.7 Å². The molecule has 0 radical (unpaired) electrons. The van der Waals surface area contributed by atoms with E-state index >= 15 is 0 Å². The Hall–Kier alpha value is -3.55. The first-order valence-corrected chi connectivity index (χ1v) is 9.81. The first-order chi connectivity index (χ1) is 14.5. The normalized spacial score (nSPS) is 10.7. The molecule has 1 amide bonds. The number of hydrogen-bond donors (Lipinski definition) is 1. The first kappa shape index (κ1) is 21.2. The molecule has 0 saturated heterocycles. The fraction of sp³-hybridized carbons (Fsp3) is 0.318. The number of rotatable bonds is 9. The second-order valence-electron chi connectivity index (χ2n) is 6.77. The molecular weight excluding hydrogens is 386 g/mol. The van der Waals surface area contributed by atoms with E-state index in [9.17, 15) is 14.4 Å². The van der Waals surface area contributed by atoms with Crippen LogP contribution in [0.2, 0.25) is 0 Å². The van der Waals surface area contributed by atoms with E-state index in [0.717, 1.165) is 17.5 Å². The molecule has 30 heavy (non-hydrogen) atoms. The predicted octanol–water partition coefficient (Wildman–Crippen LogP) is 2.79. The Morgan fingerprint density at radius 3 is 2.37 bits per heavy atom. The smallest absolute Gasteiger partial charge is 0.329 e. The molecule has 1 N–H and O–H groups in total. The van der Waals surface area contributed by atoms with Gasteiger partial charge in [-0.05, 0) is 30.7 Å². The van der Waals surface area contributed by atoms with Crippen LogP contribution in [-0.2, 0) is 27.4 Å². The predicted molar refractivity (Wildman–Crippen MR) is 114 cm³/mol. The number of benzene rings is 2. The highest BCUT2D eigenvalue weighted by atomic mass is 16.5. The Balaban J connectivity index is 1.56. The van der Waals surface area contributed by atoms with E-state index in [1.54, 1.807) is 33.4 Å². The molecule has 2 aromatic carbocycles. The van der Waals surface area contributed by atoms with Crippen molar-refractivity contribution >= 4 is 28.6 Å². The number of carbonyl (C=O) groups is 2. The van der Waals surface area contributed by atoms with Gasteiger partial charge in [-0.2, -0.15) is 0 Å². The highest BCUT2D eigenvalue weighted by molar-refractivity contribution is 5.93. The van der Waals surface area contributed by atoms with Gasteiger partial charge in [0.15, 0.2) is 6.61 Å². The molecule has 3 aromatic rings. The van der Waals surface area contributed by atoms with E-state index in [0.29, 0.717) is 18.0 Å². The van der Waals surface area contributed by atoms with Crippen LogP contribution >= 0.6 is 0 Å². The van der Waals surface area contributed by atoms with Gasteiger partial charge in [-0.3, -0.25) is 18.7 Å². The lowest BCUT2D eigenvalue weighted by Gasteiger charge is -2.08. The van der Waals surface area contributed by atoms with E-state index in [2.05, 4.69) is 5.32 Å². The molecule has 8 heteroatoms. The van der Waals surface area contributed by atoms with Gasteiger partial charge in [0.05, 0.1) is 24.6 Å². The van der Waals surface area contributed by atoms with E-state index in [1.807, 2.05) is 31.2 Å². The van der Waals surface area contributed by atoms with E-state index in [1.165, 1.54) is 7.11 Å². The Morgan fingerprint density at radius 2 is 1.70 bits per heavy atom. The monoisotopic (exact) mass is 411 g/mol. The van der Waals surface area contributed by atoms with Gasteiger partial charge in [-0.1, -0.05) is 25.1 Å². The lowest BCUT2D eigenvalue weighted by Crippen LogP contribution is -2.26. The average Bonchev–Trinajstić information content (AvgIpc) is 3.02. The molecule has 0 aliphatic heterocycles. The minimum Gasteiger partial charge on any atom is -0.497 e. The zero-order valence-corrected chi connectivity index (χ0v) is 17.1. The minimum atomic E-state index is -0.546. The number of aryl methyl sites for hydroxylation is 2. The van der Waals surface area contributed by atoms with Gasteiger partial charge in [-0.25, -0.2) is 4.79 Å². The van der Waals surface area contributed by atoms with Gasteiger partial charge in [0.1, 0.15) is 5.75 Å². The molecule has 0 saturated carbocycles. The van der Waals surface area contributed by atoms with Crippen LogP contribution < -0.4 is 15.7 Å². The maximum absolute atomic E-state index is 12.7. The first-order valence-electron chi connectivity index (χ1n) is 9.81. The van der Waals surface area contributed by atoms with Gasteiger partial charge in [-0.15, -0.1) is 0 Å². The number of carbonyl (C=O) groups excluding carboxylic acids is 2. The Kier molecular flexibility index (Phi) is 6.90. The Morgan fingerprint density at radius 1 is 1.00 bits per heavy atom. The minimum absolute atomic E-state index is 0.00746. The molecule has 0 unspecified atom stereocenters. The molecule has 158 valence electrons. The SMILES string of the molecule is CCCn1c(=O)n(CCC(=O)OCC(=O)Nc2cccc(OC)c2)c2ccccc21. The number of amides is 1. The zero-order chi connectivity index (χ0) is 21.5. The fourth-order valence-corrected chi connectivity index (χ4v) is 3.25. The Labute approximate surface area is 174 Å². The zero-order valence-electron chi connectivity index (χ0n) is 17.1. The van der Waals surface area contributed by atoms with Crippen LogP contribution in [0.5, 0.6) is 5.75 Å². The van der Waals surface area contributed by atoms with Crippen LogP contribution in [0.25, 0.3) is 11.0 Å². The number of hydrogen-bond acceptors (Lipinski definition) is 5. The molecule has 1 heterocycles. The number of aromatic nitrogens is 2. The molecule has 0 aliphatic rings. The number of anilines is 1. The number of para-hydroxylation sites is 2. The van der Waals surface area contributed by atoms with E-state index in [4.69, 9.17) is 9.47 Å². The van der Waals surface area contributed by atoms with Gasteiger partial charge in [0.2, 0.25) is 0 Å². The van der Waals surface area contributed by atoms with Crippen molar-refractivity contribution < 1.29 is 19.1 Å². The molecule has 3 rings (SSSR count). The third-order valence-electron chi connectivity index (χ3n) is 4.63. The molecule has 0 bridgehead atoms. The molecule has 0 atom stereocenters. The Bertz CT molecular complexity index is 1100. The van der Waals surface area contributed by atoms with Crippen LogP contribution in [0.1, 0.15) is 19.8 Å². The number of methoxy groups -OCH3 is 1. The summed E-state index contributed by atoms with van der Waals surface area (Å²) in [6, 6.07) is 14.4. The molecule has 8 nitrogen and oxygen atoms in total. The van der Waals surface area contributed by atoms with Crippen molar-refractivity contribution in [2.45, 2.75) is 32.9 Å². The summed E-state index contributed by atoms with van der Waals surface area (Å²) in [5, 5.41) is 2.64. The third-order valence-corrected chi connectivity index (χ3v) is 4.63. The van der Waals surface area contributed by atoms with Gasteiger partial charge < -0.3 is 14.8 Å². The molecule has 0 spiro atoms. The standard InChI is InChI=1S/C22H25N3O5/c1-3-12-24-18-9-4-5-10-19(18)25(22(24)28)13-11-21(27)30-15-20(26)23-16-7-6-8-17(14-16)29-2/h4-10,14H,3,11-13,15H2,1-2H3,(H,23,26). The molecule has 1 aromatic heterocycles. The summed E-state index contributed by atoms with van der Waals surface area (Å²) in [6.07, 6.45) is 0.824. The molecular formula is C22H25N3O5. The summed E-state index contributed by atoms with van der Waals surface area (Å²) in [6.45, 7) is 2.41. The van der Waals surface area contributed by atoms with E-state index in [-0.39, 0.29) is 18.7 Å². The van der Waals surface area contributed by atoms with Crippen molar-refractivity contribution in [1.82, 2.24) is 9.13 Å². The number of nitrogens with one attached hydrogen (secondary N) is 1. The number of imidazole rings is 1. The summed E-state index contributed by atoms with van der Waals surface area (Å²) >= 11 is 0. The average molecular weight is 411 g/mol. The van der Waals surface area contributed by atoms with E-state index < -0.39 is 18.5 Å². The highest BCUT2D eigenvalue weighted by Crippen LogP contribution is 2.16. The van der Waals surface area contributed by atoms with Crippen molar-refractivity contribution in [3.8, 4) is 5.75 Å². The van der Waals surface area contributed by atoms with Crippen molar-refractivity contribution in [1.29, 1.82) is 0 Å². The largest absolute Gasteiger partial charge is 0.497 e. The fourth-order valence-electron chi connectivity index (χ4n) is 3.25.